The molecule has 0 aliphatic carbocycles. The third-order valence-corrected chi connectivity index (χ3v) is 3.32. The van der Waals surface area contributed by atoms with E-state index in [0.717, 1.165) is 29.7 Å². The fourth-order valence-electron chi connectivity index (χ4n) is 2.23. The number of amides is 1. The van der Waals surface area contributed by atoms with Crippen molar-refractivity contribution in [2.75, 3.05) is 6.54 Å². The predicted octanol–water partition coefficient (Wildman–Crippen LogP) is 2.76. The zero-order valence-electron chi connectivity index (χ0n) is 11.3. The van der Waals surface area contributed by atoms with Crippen LogP contribution in [0.4, 0.5) is 0 Å². The number of carbonyl (C=O) groups is 1. The number of ether oxygens (including phenoxy) is 1. The van der Waals surface area contributed by atoms with Gasteiger partial charge in [-0.25, -0.2) is 0 Å². The zero-order chi connectivity index (χ0) is 13.9. The van der Waals surface area contributed by atoms with Gasteiger partial charge in [-0.1, -0.05) is 30.6 Å². The van der Waals surface area contributed by atoms with Crippen LogP contribution in [0.3, 0.4) is 0 Å². The summed E-state index contributed by atoms with van der Waals surface area (Å²) in [5.74, 6) is 1.19. The van der Waals surface area contributed by atoms with Gasteiger partial charge in [-0.3, -0.25) is 4.79 Å². The van der Waals surface area contributed by atoms with Crippen LogP contribution in [-0.2, 0) is 6.61 Å². The molecule has 2 aromatic rings. The quantitative estimate of drug-likeness (QED) is 0.869. The number of hydrogen-bond acceptors (Lipinski definition) is 4. The van der Waals surface area contributed by atoms with Crippen LogP contribution in [0.15, 0.2) is 28.8 Å². The molecule has 1 N–H and O–H groups in total. The summed E-state index contributed by atoms with van der Waals surface area (Å²) < 4.78 is 11.0. The lowest BCUT2D eigenvalue weighted by molar-refractivity contribution is 0.0942. The molecule has 5 nitrogen and oxygen atoms in total. The second-order valence-corrected chi connectivity index (χ2v) is 4.73. The van der Waals surface area contributed by atoms with Gasteiger partial charge in [0.05, 0.1) is 11.1 Å². The van der Waals surface area contributed by atoms with Crippen LogP contribution < -0.4 is 10.1 Å². The van der Waals surface area contributed by atoms with Crippen LogP contribution >= 0.6 is 0 Å². The Labute approximate surface area is 116 Å². The summed E-state index contributed by atoms with van der Waals surface area (Å²) in [5, 5.41) is 6.75. The number of para-hydroxylation sites is 1. The summed E-state index contributed by atoms with van der Waals surface area (Å²) in [6.07, 6.45) is 1.98. The fourth-order valence-corrected chi connectivity index (χ4v) is 2.23. The molecule has 1 aliphatic heterocycles. The van der Waals surface area contributed by atoms with Crippen LogP contribution in [0.5, 0.6) is 5.75 Å². The molecule has 20 heavy (non-hydrogen) atoms. The summed E-state index contributed by atoms with van der Waals surface area (Å²) >= 11 is 0. The van der Waals surface area contributed by atoms with Crippen LogP contribution in [-0.4, -0.2) is 17.6 Å². The Kier molecular flexibility index (Phi) is 3.41. The van der Waals surface area contributed by atoms with Crippen LogP contribution in [0.25, 0.3) is 11.3 Å². The number of benzene rings is 1. The Morgan fingerprint density at radius 3 is 3.10 bits per heavy atom. The molecule has 104 valence electrons. The average molecular weight is 272 g/mol. The molecule has 1 aromatic carbocycles. The van der Waals surface area contributed by atoms with Crippen molar-refractivity contribution in [3.63, 3.8) is 0 Å². The second kappa shape index (κ2) is 5.36. The molecular formula is C15H16N2O3. The van der Waals surface area contributed by atoms with E-state index < -0.39 is 0 Å². The van der Waals surface area contributed by atoms with Crippen LogP contribution in [0.2, 0.25) is 0 Å². The first-order valence-corrected chi connectivity index (χ1v) is 6.80. The molecule has 1 amide bonds. The number of rotatable bonds is 4. The highest BCUT2D eigenvalue weighted by Crippen LogP contribution is 2.38. The molecule has 1 aliphatic rings. The maximum Gasteiger partial charge on any atom is 0.273 e. The minimum Gasteiger partial charge on any atom is -0.488 e. The van der Waals surface area contributed by atoms with E-state index in [-0.39, 0.29) is 5.91 Å². The molecule has 0 saturated carbocycles. The Morgan fingerprint density at radius 1 is 1.40 bits per heavy atom. The lowest BCUT2D eigenvalue weighted by Gasteiger charge is -2.15. The van der Waals surface area contributed by atoms with E-state index in [1.165, 1.54) is 0 Å². The Hall–Kier alpha value is -2.30. The number of unbranched alkanes of at least 4 members (excludes halogenated alkanes) is 1. The molecule has 1 aromatic heterocycles. The third kappa shape index (κ3) is 2.15. The Morgan fingerprint density at radius 2 is 2.25 bits per heavy atom. The van der Waals surface area contributed by atoms with Gasteiger partial charge in [0.25, 0.3) is 5.91 Å². The van der Waals surface area contributed by atoms with Gasteiger partial charge in [-0.05, 0) is 18.6 Å². The Bertz CT molecular complexity index is 634. The number of hydrogen-bond donors (Lipinski definition) is 1. The van der Waals surface area contributed by atoms with Gasteiger partial charge < -0.3 is 14.6 Å². The smallest absolute Gasteiger partial charge is 0.273 e. The van der Waals surface area contributed by atoms with Gasteiger partial charge >= 0.3 is 0 Å². The molecule has 0 unspecified atom stereocenters. The maximum absolute atomic E-state index is 12.1. The zero-order valence-corrected chi connectivity index (χ0v) is 11.3. The summed E-state index contributed by atoms with van der Waals surface area (Å²) in [4.78, 5) is 12.1. The predicted molar refractivity (Wildman–Crippen MR) is 73.5 cm³/mol. The van der Waals surface area contributed by atoms with Gasteiger partial charge in [0.2, 0.25) is 0 Å². The van der Waals surface area contributed by atoms with E-state index in [0.29, 0.717) is 24.6 Å². The van der Waals surface area contributed by atoms with Gasteiger partial charge in [0.1, 0.15) is 12.4 Å². The SMILES string of the molecule is CCCCNC(=O)c1noc2c1COc1ccccc1-2. The highest BCUT2D eigenvalue weighted by molar-refractivity contribution is 5.95. The van der Waals surface area contributed by atoms with E-state index in [2.05, 4.69) is 17.4 Å². The average Bonchev–Trinajstić information content (AvgIpc) is 2.92. The molecule has 0 saturated heterocycles. The van der Waals surface area contributed by atoms with Crippen molar-refractivity contribution in [1.82, 2.24) is 10.5 Å². The first-order chi connectivity index (χ1) is 9.81. The molecule has 0 spiro atoms. The van der Waals surface area contributed by atoms with E-state index >= 15 is 0 Å². The van der Waals surface area contributed by atoms with Gasteiger partial charge in [0, 0.05) is 6.54 Å². The van der Waals surface area contributed by atoms with E-state index in [1.54, 1.807) is 0 Å². The standard InChI is InChI=1S/C15H16N2O3/c1-2-3-8-16-15(18)13-11-9-19-12-7-5-4-6-10(12)14(11)20-17-13/h4-7H,2-3,8-9H2,1H3,(H,16,18). The van der Waals surface area contributed by atoms with Crippen molar-refractivity contribution in [2.24, 2.45) is 0 Å². The van der Waals surface area contributed by atoms with Crippen LogP contribution in [0, 0.1) is 0 Å². The van der Waals surface area contributed by atoms with E-state index in [9.17, 15) is 4.79 Å². The van der Waals surface area contributed by atoms with Gasteiger partial charge in [-0.2, -0.15) is 0 Å². The first kappa shape index (κ1) is 12.7. The van der Waals surface area contributed by atoms with Crippen molar-refractivity contribution in [3.8, 4) is 17.1 Å². The Balaban J connectivity index is 1.88. The molecule has 2 heterocycles. The fraction of sp³-hybridized carbons (Fsp3) is 0.333. The number of carbonyl (C=O) groups excluding carboxylic acids is 1. The minimum atomic E-state index is -0.202. The molecule has 3 rings (SSSR count). The van der Waals surface area contributed by atoms with Gasteiger partial charge in [0.15, 0.2) is 11.5 Å². The van der Waals surface area contributed by atoms with Gasteiger partial charge in [-0.15, -0.1) is 0 Å². The number of aromatic nitrogens is 1. The summed E-state index contributed by atoms with van der Waals surface area (Å²) in [7, 11) is 0. The summed E-state index contributed by atoms with van der Waals surface area (Å²) in [5.41, 5.74) is 1.89. The molecule has 0 bridgehead atoms. The lowest BCUT2D eigenvalue weighted by atomic mass is 10.0. The van der Waals surface area contributed by atoms with E-state index in [4.69, 9.17) is 9.26 Å². The second-order valence-electron chi connectivity index (χ2n) is 4.73. The molecule has 5 heteroatoms. The van der Waals surface area contributed by atoms with E-state index in [1.807, 2.05) is 24.3 Å². The van der Waals surface area contributed by atoms with Crippen LogP contribution in [0.1, 0.15) is 35.8 Å². The summed E-state index contributed by atoms with van der Waals surface area (Å²) in [6, 6.07) is 7.58. The first-order valence-electron chi connectivity index (χ1n) is 6.80. The molecule has 0 atom stereocenters. The third-order valence-electron chi connectivity index (χ3n) is 3.32. The summed E-state index contributed by atoms with van der Waals surface area (Å²) in [6.45, 7) is 3.04. The normalized spacial score (nSPS) is 12.2. The molecule has 0 fully saturated rings. The molecule has 0 radical (unpaired) electrons. The molecular weight excluding hydrogens is 256 g/mol. The number of fused-ring (bicyclic) bond motifs is 3. The minimum absolute atomic E-state index is 0.202. The topological polar surface area (TPSA) is 64.4 Å². The van der Waals surface area contributed by atoms with Crippen molar-refractivity contribution < 1.29 is 14.1 Å². The highest BCUT2D eigenvalue weighted by atomic mass is 16.5. The largest absolute Gasteiger partial charge is 0.488 e. The highest BCUT2D eigenvalue weighted by Gasteiger charge is 2.28. The van der Waals surface area contributed by atoms with Crippen molar-refractivity contribution in [2.45, 2.75) is 26.4 Å². The monoisotopic (exact) mass is 272 g/mol. The van der Waals surface area contributed by atoms with Crippen molar-refractivity contribution in [3.05, 3.63) is 35.5 Å². The van der Waals surface area contributed by atoms with Crippen molar-refractivity contribution >= 4 is 5.91 Å². The van der Waals surface area contributed by atoms with Crippen molar-refractivity contribution in [1.29, 1.82) is 0 Å². The maximum atomic E-state index is 12.1. The lowest BCUT2D eigenvalue weighted by Crippen LogP contribution is -2.26. The number of nitrogens with zero attached hydrogens (tertiary/aromatic N) is 1. The number of nitrogens with one attached hydrogen (secondary N) is 1.